The average molecular weight is 265 g/mol. The Hall–Kier alpha value is -2.04. The van der Waals surface area contributed by atoms with E-state index in [2.05, 4.69) is 5.32 Å². The van der Waals surface area contributed by atoms with Crippen LogP contribution in [0.15, 0.2) is 18.2 Å². The van der Waals surface area contributed by atoms with Crippen molar-refractivity contribution in [1.29, 1.82) is 0 Å². The predicted molar refractivity (Wildman–Crippen MR) is 71.3 cm³/mol. The highest BCUT2D eigenvalue weighted by Gasteiger charge is 2.17. The van der Waals surface area contributed by atoms with Crippen LogP contribution in [0.1, 0.15) is 24.5 Å². The Morgan fingerprint density at radius 2 is 1.89 bits per heavy atom. The molecule has 1 aromatic rings. The lowest BCUT2D eigenvalue weighted by atomic mass is 10.1. The van der Waals surface area contributed by atoms with Crippen LogP contribution in [0.5, 0.6) is 5.75 Å². The molecule has 0 fully saturated rings. The van der Waals surface area contributed by atoms with E-state index in [1.54, 1.807) is 6.92 Å². The molecule has 0 aliphatic rings. The Bertz CT molecular complexity index is 450. The van der Waals surface area contributed by atoms with Gasteiger partial charge in [-0.05, 0) is 31.4 Å². The van der Waals surface area contributed by atoms with Gasteiger partial charge in [0.25, 0.3) is 5.91 Å². The minimum atomic E-state index is -1.04. The van der Waals surface area contributed by atoms with Crippen LogP contribution in [-0.4, -0.2) is 29.6 Å². The second-order valence-electron chi connectivity index (χ2n) is 4.38. The maximum Gasteiger partial charge on any atom is 0.326 e. The molecule has 0 aliphatic carbocycles. The first-order valence-corrected chi connectivity index (χ1v) is 6.16. The van der Waals surface area contributed by atoms with Crippen LogP contribution in [0, 0.1) is 13.8 Å². The van der Waals surface area contributed by atoms with Crippen LogP contribution in [0.3, 0.4) is 0 Å². The summed E-state index contributed by atoms with van der Waals surface area (Å²) >= 11 is 0. The Morgan fingerprint density at radius 1 is 1.32 bits per heavy atom. The number of carboxylic acid groups (broad SMARTS) is 1. The number of para-hydroxylation sites is 1. The molecule has 0 aliphatic heterocycles. The number of hydrogen-bond acceptors (Lipinski definition) is 3. The summed E-state index contributed by atoms with van der Waals surface area (Å²) in [5.74, 6) is -0.805. The van der Waals surface area contributed by atoms with Crippen LogP contribution in [-0.2, 0) is 9.59 Å². The molecular weight excluding hydrogens is 246 g/mol. The second kappa shape index (κ2) is 6.78. The molecule has 1 unspecified atom stereocenters. The largest absolute Gasteiger partial charge is 0.483 e. The van der Waals surface area contributed by atoms with Crippen molar-refractivity contribution in [3.8, 4) is 5.75 Å². The van der Waals surface area contributed by atoms with Gasteiger partial charge in [0.05, 0.1) is 0 Å². The van der Waals surface area contributed by atoms with E-state index in [0.29, 0.717) is 12.2 Å². The van der Waals surface area contributed by atoms with Crippen LogP contribution in [0.2, 0.25) is 0 Å². The van der Waals surface area contributed by atoms with Crippen molar-refractivity contribution in [2.75, 3.05) is 6.61 Å². The third-order valence-electron chi connectivity index (χ3n) is 2.80. The Labute approximate surface area is 112 Å². The SMILES string of the molecule is CCC(NC(=O)COc1c(C)cccc1C)C(=O)O. The standard InChI is InChI=1S/C14H19NO4/c1-4-11(14(17)18)15-12(16)8-19-13-9(2)6-5-7-10(13)3/h5-7,11H,4,8H2,1-3H3,(H,15,16)(H,17,18). The van der Waals surface area contributed by atoms with E-state index >= 15 is 0 Å². The zero-order valence-corrected chi connectivity index (χ0v) is 11.4. The molecule has 0 bridgehead atoms. The Morgan fingerprint density at radius 3 is 2.37 bits per heavy atom. The number of benzene rings is 1. The van der Waals surface area contributed by atoms with Crippen molar-refractivity contribution in [3.63, 3.8) is 0 Å². The van der Waals surface area contributed by atoms with Crippen LogP contribution in [0.25, 0.3) is 0 Å². The molecule has 0 heterocycles. The van der Waals surface area contributed by atoms with Crippen molar-refractivity contribution >= 4 is 11.9 Å². The molecule has 0 saturated carbocycles. The van der Waals surface area contributed by atoms with Crippen LogP contribution in [0.4, 0.5) is 0 Å². The van der Waals surface area contributed by atoms with Gasteiger partial charge < -0.3 is 15.2 Å². The van der Waals surface area contributed by atoms with E-state index in [1.807, 2.05) is 32.0 Å². The zero-order valence-electron chi connectivity index (χ0n) is 11.4. The molecule has 0 aromatic heterocycles. The third kappa shape index (κ3) is 4.28. The fraction of sp³-hybridized carbons (Fsp3) is 0.429. The van der Waals surface area contributed by atoms with Gasteiger partial charge in [0.1, 0.15) is 11.8 Å². The number of hydrogen-bond donors (Lipinski definition) is 2. The number of aryl methyl sites for hydroxylation is 2. The van der Waals surface area contributed by atoms with Crippen LogP contribution < -0.4 is 10.1 Å². The van der Waals surface area contributed by atoms with Gasteiger partial charge in [0.2, 0.25) is 0 Å². The number of carbonyl (C=O) groups excluding carboxylic acids is 1. The van der Waals surface area contributed by atoms with E-state index in [4.69, 9.17) is 9.84 Å². The topological polar surface area (TPSA) is 75.6 Å². The molecule has 0 radical (unpaired) electrons. The Balaban J connectivity index is 2.57. The molecule has 5 heteroatoms. The summed E-state index contributed by atoms with van der Waals surface area (Å²) in [6, 6.07) is 4.84. The normalized spacial score (nSPS) is 11.7. The van der Waals surface area contributed by atoms with Gasteiger partial charge in [0.15, 0.2) is 6.61 Å². The van der Waals surface area contributed by atoms with E-state index in [0.717, 1.165) is 11.1 Å². The van der Waals surface area contributed by atoms with Crippen molar-refractivity contribution in [1.82, 2.24) is 5.32 Å². The highest BCUT2D eigenvalue weighted by molar-refractivity contribution is 5.84. The van der Waals surface area contributed by atoms with E-state index < -0.39 is 17.9 Å². The summed E-state index contributed by atoms with van der Waals surface area (Å²) < 4.78 is 5.45. The number of carboxylic acids is 1. The Kier molecular flexibility index (Phi) is 5.36. The second-order valence-corrected chi connectivity index (χ2v) is 4.38. The third-order valence-corrected chi connectivity index (χ3v) is 2.80. The lowest BCUT2D eigenvalue weighted by Gasteiger charge is -2.14. The van der Waals surface area contributed by atoms with Gasteiger partial charge in [-0.3, -0.25) is 4.79 Å². The molecule has 2 N–H and O–H groups in total. The summed E-state index contributed by atoms with van der Waals surface area (Å²) in [6.45, 7) is 5.31. The smallest absolute Gasteiger partial charge is 0.326 e. The summed E-state index contributed by atoms with van der Waals surface area (Å²) in [7, 11) is 0. The summed E-state index contributed by atoms with van der Waals surface area (Å²) in [5, 5.41) is 11.3. The molecule has 1 aromatic carbocycles. The van der Waals surface area contributed by atoms with Crippen molar-refractivity contribution in [2.24, 2.45) is 0 Å². The number of aliphatic carboxylic acids is 1. The number of amides is 1. The van der Waals surface area contributed by atoms with Gasteiger partial charge in [-0.15, -0.1) is 0 Å². The molecule has 19 heavy (non-hydrogen) atoms. The van der Waals surface area contributed by atoms with Gasteiger partial charge in [-0.2, -0.15) is 0 Å². The summed E-state index contributed by atoms with van der Waals surface area (Å²) in [4.78, 5) is 22.4. The monoisotopic (exact) mass is 265 g/mol. The minimum absolute atomic E-state index is 0.185. The lowest BCUT2D eigenvalue weighted by molar-refractivity contribution is -0.142. The highest BCUT2D eigenvalue weighted by Crippen LogP contribution is 2.21. The van der Waals surface area contributed by atoms with Gasteiger partial charge in [-0.25, -0.2) is 4.79 Å². The number of carbonyl (C=O) groups is 2. The molecule has 1 atom stereocenters. The number of ether oxygens (including phenoxy) is 1. The number of rotatable bonds is 6. The predicted octanol–water partition coefficient (Wildman–Crippen LogP) is 1.66. The number of nitrogens with one attached hydrogen (secondary N) is 1. The molecule has 5 nitrogen and oxygen atoms in total. The minimum Gasteiger partial charge on any atom is -0.483 e. The highest BCUT2D eigenvalue weighted by atomic mass is 16.5. The quantitative estimate of drug-likeness (QED) is 0.820. The van der Waals surface area contributed by atoms with E-state index in [1.165, 1.54) is 0 Å². The first-order valence-electron chi connectivity index (χ1n) is 6.16. The van der Waals surface area contributed by atoms with Gasteiger partial charge in [-0.1, -0.05) is 25.1 Å². The summed E-state index contributed by atoms with van der Waals surface area (Å²) in [6.07, 6.45) is 0.338. The molecular formula is C14H19NO4. The average Bonchev–Trinajstić information content (AvgIpc) is 2.35. The molecule has 1 rings (SSSR count). The van der Waals surface area contributed by atoms with E-state index in [-0.39, 0.29) is 6.61 Å². The maximum atomic E-state index is 11.6. The molecule has 104 valence electrons. The fourth-order valence-electron chi connectivity index (χ4n) is 1.74. The molecule has 1 amide bonds. The van der Waals surface area contributed by atoms with Gasteiger partial charge in [0, 0.05) is 0 Å². The lowest BCUT2D eigenvalue weighted by Crippen LogP contribution is -2.42. The maximum absolute atomic E-state index is 11.6. The van der Waals surface area contributed by atoms with Gasteiger partial charge >= 0.3 is 5.97 Å². The molecule has 0 saturated heterocycles. The zero-order chi connectivity index (χ0) is 14.4. The summed E-state index contributed by atoms with van der Waals surface area (Å²) in [5.41, 5.74) is 1.89. The first kappa shape index (κ1) is 15.0. The fourth-order valence-corrected chi connectivity index (χ4v) is 1.74. The van der Waals surface area contributed by atoms with Crippen molar-refractivity contribution in [3.05, 3.63) is 29.3 Å². The molecule has 0 spiro atoms. The van der Waals surface area contributed by atoms with E-state index in [9.17, 15) is 9.59 Å². The van der Waals surface area contributed by atoms with Crippen molar-refractivity contribution < 1.29 is 19.4 Å². The first-order chi connectivity index (χ1) is 8.95. The van der Waals surface area contributed by atoms with Crippen LogP contribution >= 0.6 is 0 Å². The van der Waals surface area contributed by atoms with Crippen molar-refractivity contribution in [2.45, 2.75) is 33.2 Å².